The van der Waals surface area contributed by atoms with E-state index < -0.39 is 18.0 Å². The number of aliphatic carboxylic acids is 1. The second kappa shape index (κ2) is 9.46. The van der Waals surface area contributed by atoms with Crippen LogP contribution in [-0.4, -0.2) is 50.3 Å². The topological polar surface area (TPSA) is 95.9 Å². The molecule has 0 saturated carbocycles. The number of aryl methyl sites for hydroxylation is 3. The normalized spacial score (nSPS) is 22.9. The Morgan fingerprint density at radius 1 is 1.36 bits per heavy atom. The van der Waals surface area contributed by atoms with E-state index in [-0.39, 0.29) is 30.2 Å². The van der Waals surface area contributed by atoms with Crippen LogP contribution in [0, 0.1) is 15.4 Å². The van der Waals surface area contributed by atoms with Crippen molar-refractivity contribution in [3.8, 4) is 5.75 Å². The Bertz CT molecular complexity index is 1110. The Morgan fingerprint density at radius 2 is 2.12 bits per heavy atom. The first-order chi connectivity index (χ1) is 15.7. The fourth-order valence-electron chi connectivity index (χ4n) is 4.91. The molecule has 1 saturated heterocycles. The molecule has 4 atom stereocenters. The van der Waals surface area contributed by atoms with Crippen LogP contribution in [0.25, 0.3) is 0 Å². The molecule has 3 unspecified atom stereocenters. The number of β-lactam (4-membered cyclic amide) rings is 1. The summed E-state index contributed by atoms with van der Waals surface area (Å²) in [7, 11) is 2.00. The molecule has 0 radical (unpaired) electrons. The van der Waals surface area contributed by atoms with Gasteiger partial charge in [-0.25, -0.2) is 13.9 Å². The van der Waals surface area contributed by atoms with E-state index in [1.54, 1.807) is 6.92 Å². The molecule has 3 heterocycles. The van der Waals surface area contributed by atoms with Crippen molar-refractivity contribution >= 4 is 34.5 Å². The Morgan fingerprint density at radius 3 is 2.73 bits per heavy atom. The van der Waals surface area contributed by atoms with Gasteiger partial charge in [-0.05, 0) is 60.1 Å². The zero-order chi connectivity index (χ0) is 23.9. The number of aliphatic hydroxyl groups excluding tert-OH is 1. The summed E-state index contributed by atoms with van der Waals surface area (Å²) in [5.74, 6) is -1.54. The van der Waals surface area contributed by atoms with Crippen LogP contribution >= 0.6 is 22.6 Å². The molecule has 2 aromatic rings. The highest BCUT2D eigenvalue weighted by Crippen LogP contribution is 2.47. The molecule has 1 amide bonds. The van der Waals surface area contributed by atoms with E-state index in [2.05, 4.69) is 45.7 Å². The molecule has 2 N–H and O–H groups in total. The first-order valence-corrected chi connectivity index (χ1v) is 12.2. The molecular weight excluding hydrogens is 537 g/mol. The van der Waals surface area contributed by atoms with E-state index in [0.717, 1.165) is 23.0 Å². The third kappa shape index (κ3) is 4.52. The number of amides is 1. The van der Waals surface area contributed by atoms with Gasteiger partial charge < -0.3 is 19.8 Å². The largest absolute Gasteiger partial charge is 0.488 e. The number of halogens is 1. The molecule has 33 heavy (non-hydrogen) atoms. The second-order valence-electron chi connectivity index (χ2n) is 8.91. The van der Waals surface area contributed by atoms with E-state index >= 15 is 0 Å². The molecular formula is C24H29IN3O5+. The number of carboxylic acid groups (broad SMARTS) is 1. The molecule has 2 aliphatic rings. The number of hydrogen-bond donors (Lipinski definition) is 2. The molecule has 0 spiro atoms. The van der Waals surface area contributed by atoms with Crippen LogP contribution in [0.3, 0.4) is 0 Å². The summed E-state index contributed by atoms with van der Waals surface area (Å²) in [6.45, 7) is 4.51. The minimum absolute atomic E-state index is 0.000518. The highest BCUT2D eigenvalue weighted by molar-refractivity contribution is 14.1. The summed E-state index contributed by atoms with van der Waals surface area (Å²) < 4.78 is 11.2. The zero-order valence-corrected chi connectivity index (χ0v) is 21.1. The highest BCUT2D eigenvalue weighted by Gasteiger charge is 2.59. The number of rotatable bonds is 9. The minimum atomic E-state index is -1.14. The smallest absolute Gasteiger partial charge is 0.352 e. The molecule has 2 aliphatic heterocycles. The van der Waals surface area contributed by atoms with Crippen molar-refractivity contribution in [2.75, 3.05) is 6.61 Å². The van der Waals surface area contributed by atoms with Gasteiger partial charge in [0, 0.05) is 11.5 Å². The number of carboxylic acids is 1. The average molecular weight is 566 g/mol. The van der Waals surface area contributed by atoms with Crippen LogP contribution in [-0.2, 0) is 29.6 Å². The predicted molar refractivity (Wildman–Crippen MR) is 128 cm³/mol. The lowest BCUT2D eigenvalue weighted by molar-refractivity contribution is -0.671. The summed E-state index contributed by atoms with van der Waals surface area (Å²) in [6, 6.07) is 5.73. The van der Waals surface area contributed by atoms with Crippen molar-refractivity contribution in [1.29, 1.82) is 0 Å². The van der Waals surface area contributed by atoms with Crippen molar-refractivity contribution in [1.82, 2.24) is 9.47 Å². The Labute approximate surface area is 206 Å². The number of ether oxygens (including phenoxy) is 1. The van der Waals surface area contributed by atoms with Crippen molar-refractivity contribution in [3.05, 3.63) is 57.3 Å². The van der Waals surface area contributed by atoms with Crippen LogP contribution < -0.4 is 9.30 Å². The fraction of sp³-hybridized carbons (Fsp3) is 0.458. The van der Waals surface area contributed by atoms with Gasteiger partial charge in [0.2, 0.25) is 12.2 Å². The lowest BCUT2D eigenvalue weighted by Crippen LogP contribution is -2.63. The van der Waals surface area contributed by atoms with E-state index in [4.69, 9.17) is 4.74 Å². The molecule has 9 heteroatoms. The van der Waals surface area contributed by atoms with Crippen LogP contribution in [0.2, 0.25) is 0 Å². The van der Waals surface area contributed by atoms with E-state index in [9.17, 15) is 19.8 Å². The van der Waals surface area contributed by atoms with Crippen LogP contribution in [0.1, 0.15) is 25.8 Å². The molecule has 0 bridgehead atoms. The molecule has 0 aliphatic carbocycles. The third-order valence-corrected chi connectivity index (χ3v) is 7.45. The molecule has 1 aromatic carbocycles. The van der Waals surface area contributed by atoms with Gasteiger partial charge in [-0.1, -0.05) is 13.0 Å². The summed E-state index contributed by atoms with van der Waals surface area (Å²) in [6.07, 6.45) is 7.30. The van der Waals surface area contributed by atoms with Gasteiger partial charge in [0.15, 0.2) is 0 Å². The summed E-state index contributed by atoms with van der Waals surface area (Å²) >= 11 is 2.24. The van der Waals surface area contributed by atoms with Crippen LogP contribution in [0.5, 0.6) is 5.75 Å². The first kappa shape index (κ1) is 23.7. The monoisotopic (exact) mass is 566 g/mol. The molecule has 1 fully saturated rings. The number of aliphatic hydroxyl groups is 1. The Hall–Kier alpha value is -2.40. The number of fused-ring (bicyclic) bond motifs is 1. The van der Waals surface area contributed by atoms with Gasteiger partial charge in [0.1, 0.15) is 30.4 Å². The Balaban J connectivity index is 1.41. The van der Waals surface area contributed by atoms with Crippen LogP contribution in [0.4, 0.5) is 0 Å². The molecule has 176 valence electrons. The first-order valence-electron chi connectivity index (χ1n) is 11.1. The van der Waals surface area contributed by atoms with Gasteiger partial charge in [-0.3, -0.25) is 4.79 Å². The van der Waals surface area contributed by atoms with Gasteiger partial charge in [-0.2, -0.15) is 0 Å². The number of imidazole rings is 1. The maximum absolute atomic E-state index is 12.5. The lowest BCUT2D eigenvalue weighted by Gasteiger charge is -2.46. The number of carbonyl (C=O) groups excluding carboxylic acids is 1. The third-order valence-electron chi connectivity index (χ3n) is 6.60. The van der Waals surface area contributed by atoms with Crippen LogP contribution in [0.15, 0.2) is 48.2 Å². The predicted octanol–water partition coefficient (Wildman–Crippen LogP) is 2.12. The number of carbonyl (C=O) groups is 2. The van der Waals surface area contributed by atoms with E-state index in [1.165, 1.54) is 10.5 Å². The van der Waals surface area contributed by atoms with Gasteiger partial charge in [0.25, 0.3) is 0 Å². The number of benzene rings is 1. The van der Waals surface area contributed by atoms with Gasteiger partial charge >= 0.3 is 5.97 Å². The molecule has 4 rings (SSSR count). The van der Waals surface area contributed by atoms with Crippen molar-refractivity contribution in [2.24, 2.45) is 18.9 Å². The average Bonchev–Trinajstić information content (AvgIpc) is 3.26. The minimum Gasteiger partial charge on any atom is -0.488 e. The highest BCUT2D eigenvalue weighted by atomic mass is 127. The fourth-order valence-corrected chi connectivity index (χ4v) is 5.64. The van der Waals surface area contributed by atoms with Gasteiger partial charge in [-0.15, -0.1) is 0 Å². The van der Waals surface area contributed by atoms with Crippen molar-refractivity contribution < 1.29 is 29.1 Å². The number of aromatic nitrogens is 2. The summed E-state index contributed by atoms with van der Waals surface area (Å²) in [4.78, 5) is 25.7. The summed E-state index contributed by atoms with van der Waals surface area (Å²) in [5.41, 5.74) is 1.81. The zero-order valence-electron chi connectivity index (χ0n) is 18.9. The number of hydrogen-bond acceptors (Lipinski definition) is 4. The maximum Gasteiger partial charge on any atom is 0.352 e. The number of nitrogens with zero attached hydrogens (tertiary/aromatic N) is 3. The van der Waals surface area contributed by atoms with E-state index in [1.807, 2.05) is 36.9 Å². The second-order valence-corrected chi connectivity index (χ2v) is 10.1. The standard InChI is InChI=1S/C24H28IN3O5/c1-14-17(22(24(31)32)28-21(14)20(15(2)29)23(28)30)12-33-19-7-6-16(11-18(19)25)5-4-8-27-10-9-26(3)13-27/h6-7,9-11,13-15,20-21,29H,4-5,8,12H2,1-3H3/p+1/t14-,15?,20?,21?/m0/s1. The Kier molecular flexibility index (Phi) is 6.81. The van der Waals surface area contributed by atoms with Gasteiger partial charge in [0.05, 0.1) is 35.2 Å². The summed E-state index contributed by atoms with van der Waals surface area (Å²) in [5, 5.41) is 19.7. The van der Waals surface area contributed by atoms with E-state index in [0.29, 0.717) is 11.3 Å². The molecule has 8 nitrogen and oxygen atoms in total. The quantitative estimate of drug-likeness (QED) is 0.276. The SMILES string of the molecule is CC(O)C1C(=O)N2C(C(=O)O)=C(COc3ccc(CCCn4cc[n+](C)c4)cc3I)[C@H](C)C12. The molecule has 1 aromatic heterocycles. The van der Waals surface area contributed by atoms with Crippen molar-refractivity contribution in [3.63, 3.8) is 0 Å². The lowest BCUT2D eigenvalue weighted by atomic mass is 9.78. The maximum atomic E-state index is 12.5. The van der Waals surface area contributed by atoms with Crippen molar-refractivity contribution in [2.45, 2.75) is 45.4 Å².